The van der Waals surface area contributed by atoms with E-state index in [9.17, 15) is 23.1 Å². The summed E-state index contributed by atoms with van der Waals surface area (Å²) in [6, 6.07) is 0.0439. The molecule has 0 radical (unpaired) electrons. The SMILES string of the molecule is C=C(C)[C@@H]1CC[C@]2(NC[C@H]([C@@H](C)N)N3CCS(=O)(=O)CC3)CC[C@]3(C)[C@H](CC[C@@H]4[C@@]5(C)CC[C@H](OC(=O)CC(C)(C)CC(=O)O)C(C)(C)[C@@H]5CC[C@]43C)[C@@H]12. The van der Waals surface area contributed by atoms with Gasteiger partial charge < -0.3 is 20.9 Å². The first-order valence-corrected chi connectivity index (χ1v) is 23.3. The van der Waals surface area contributed by atoms with Crippen molar-refractivity contribution >= 4 is 21.8 Å². The zero-order valence-electron chi connectivity index (χ0n) is 35.3. The van der Waals surface area contributed by atoms with Gasteiger partial charge >= 0.3 is 11.9 Å². The molecule has 0 aromatic rings. The van der Waals surface area contributed by atoms with Crippen molar-refractivity contribution in [3.05, 3.63) is 12.2 Å². The average Bonchev–Trinajstić information content (AvgIpc) is 3.42. The summed E-state index contributed by atoms with van der Waals surface area (Å²) in [5.74, 6) is 1.93. The average molecular weight is 774 g/mol. The van der Waals surface area contributed by atoms with Gasteiger partial charge in [-0.05, 0) is 129 Å². The molecule has 308 valence electrons. The minimum absolute atomic E-state index is 0.0378. The second-order valence-electron chi connectivity index (χ2n) is 21.6. The van der Waals surface area contributed by atoms with Gasteiger partial charge in [-0.15, -0.1) is 0 Å². The number of allylic oxidation sites excluding steroid dienone is 1. The summed E-state index contributed by atoms with van der Waals surface area (Å²) in [6.07, 6.45) is 11.3. The number of rotatable bonds is 11. The fraction of sp³-hybridized carbons (Fsp3) is 0.909. The molecule has 0 aromatic carbocycles. The van der Waals surface area contributed by atoms with Crippen LogP contribution in [0.2, 0.25) is 0 Å². The van der Waals surface area contributed by atoms with E-state index in [4.69, 9.17) is 10.5 Å². The predicted molar refractivity (Wildman–Crippen MR) is 215 cm³/mol. The number of hydrogen-bond donors (Lipinski definition) is 3. The lowest BCUT2D eigenvalue weighted by Gasteiger charge is -2.73. The van der Waals surface area contributed by atoms with E-state index in [1.54, 1.807) is 0 Å². The molecule has 6 fully saturated rings. The van der Waals surface area contributed by atoms with E-state index in [0.717, 1.165) is 38.6 Å². The summed E-state index contributed by atoms with van der Waals surface area (Å²) in [4.78, 5) is 27.0. The maximum Gasteiger partial charge on any atom is 0.306 e. The Morgan fingerprint density at radius 1 is 0.926 bits per heavy atom. The van der Waals surface area contributed by atoms with Crippen LogP contribution in [0.4, 0.5) is 0 Å². The number of nitrogens with two attached hydrogens (primary N) is 1. The van der Waals surface area contributed by atoms with Crippen LogP contribution in [0.3, 0.4) is 0 Å². The number of fused-ring (bicyclic) bond motifs is 7. The Morgan fingerprint density at radius 3 is 2.20 bits per heavy atom. The van der Waals surface area contributed by atoms with Gasteiger partial charge in [0.1, 0.15) is 6.10 Å². The molecule has 9 nitrogen and oxygen atoms in total. The van der Waals surface area contributed by atoms with Crippen molar-refractivity contribution < 1.29 is 27.9 Å². The van der Waals surface area contributed by atoms with E-state index in [-0.39, 0.29) is 75.7 Å². The van der Waals surface area contributed by atoms with Crippen LogP contribution in [0.25, 0.3) is 0 Å². The number of sulfone groups is 1. The second-order valence-corrected chi connectivity index (χ2v) is 23.9. The first kappa shape index (κ1) is 42.1. The monoisotopic (exact) mass is 774 g/mol. The molecule has 5 aliphatic carbocycles. The quantitative estimate of drug-likeness (QED) is 0.147. The Morgan fingerprint density at radius 2 is 1.59 bits per heavy atom. The third kappa shape index (κ3) is 7.16. The van der Waals surface area contributed by atoms with Crippen LogP contribution >= 0.6 is 0 Å². The van der Waals surface area contributed by atoms with Crippen LogP contribution in [0.15, 0.2) is 12.2 Å². The van der Waals surface area contributed by atoms with Crippen molar-refractivity contribution in [2.75, 3.05) is 31.1 Å². The van der Waals surface area contributed by atoms with E-state index in [1.165, 1.54) is 37.7 Å². The highest BCUT2D eigenvalue weighted by molar-refractivity contribution is 7.91. The maximum atomic E-state index is 13.3. The summed E-state index contributed by atoms with van der Waals surface area (Å²) in [7, 11) is -2.96. The molecule has 6 rings (SSSR count). The zero-order chi connectivity index (χ0) is 39.9. The summed E-state index contributed by atoms with van der Waals surface area (Å²) in [5, 5.41) is 13.6. The molecule has 1 heterocycles. The Bertz CT molecular complexity index is 1560. The third-order valence-electron chi connectivity index (χ3n) is 17.7. The Balaban J connectivity index is 1.22. The fourth-order valence-electron chi connectivity index (χ4n) is 14.7. The number of nitrogens with one attached hydrogen (secondary N) is 1. The lowest BCUT2D eigenvalue weighted by atomic mass is 9.32. The summed E-state index contributed by atoms with van der Waals surface area (Å²) < 4.78 is 30.8. The molecule has 12 atom stereocenters. The lowest BCUT2D eigenvalue weighted by Crippen LogP contribution is -2.69. The number of hydrogen-bond acceptors (Lipinski definition) is 8. The Hall–Kier alpha value is -1.49. The molecule has 5 saturated carbocycles. The van der Waals surface area contributed by atoms with E-state index < -0.39 is 21.2 Å². The third-order valence-corrected chi connectivity index (χ3v) is 19.3. The van der Waals surface area contributed by atoms with Gasteiger partial charge in [-0.25, -0.2) is 8.42 Å². The molecule has 0 aromatic heterocycles. The van der Waals surface area contributed by atoms with Gasteiger partial charge in [-0.3, -0.25) is 14.5 Å². The molecule has 1 aliphatic heterocycles. The number of esters is 1. The molecule has 0 amide bonds. The Kier molecular flexibility index (Phi) is 11.2. The highest BCUT2D eigenvalue weighted by Gasteiger charge is 2.71. The fourth-order valence-corrected chi connectivity index (χ4v) is 15.9. The smallest absolute Gasteiger partial charge is 0.306 e. The number of nitrogens with zero attached hydrogens (tertiary/aromatic N) is 1. The highest BCUT2D eigenvalue weighted by Crippen LogP contribution is 2.76. The normalized spacial score (nSPS) is 42.7. The van der Waals surface area contributed by atoms with Gasteiger partial charge in [-0.2, -0.15) is 0 Å². The van der Waals surface area contributed by atoms with E-state index in [1.807, 2.05) is 13.8 Å². The molecule has 6 aliphatic rings. The van der Waals surface area contributed by atoms with Gasteiger partial charge in [0, 0.05) is 42.7 Å². The molecule has 4 N–H and O–H groups in total. The van der Waals surface area contributed by atoms with Crippen molar-refractivity contribution in [1.82, 2.24) is 10.2 Å². The number of aliphatic carboxylic acids is 1. The first-order valence-electron chi connectivity index (χ1n) is 21.4. The van der Waals surface area contributed by atoms with E-state index in [2.05, 4.69) is 65.3 Å². The number of ether oxygens (including phenoxy) is 1. The van der Waals surface area contributed by atoms with E-state index in [0.29, 0.717) is 42.7 Å². The van der Waals surface area contributed by atoms with Gasteiger partial charge in [0.25, 0.3) is 0 Å². The maximum absolute atomic E-state index is 13.3. The molecule has 54 heavy (non-hydrogen) atoms. The number of carboxylic acids is 1. The molecule has 0 spiro atoms. The predicted octanol–water partition coefficient (Wildman–Crippen LogP) is 7.24. The van der Waals surface area contributed by atoms with Gasteiger partial charge in [0.2, 0.25) is 0 Å². The molecule has 0 unspecified atom stereocenters. The number of carbonyl (C=O) groups excluding carboxylic acids is 1. The minimum atomic E-state index is -2.96. The van der Waals surface area contributed by atoms with Crippen molar-refractivity contribution in [3.8, 4) is 0 Å². The molecule has 10 heteroatoms. The largest absolute Gasteiger partial charge is 0.481 e. The van der Waals surface area contributed by atoms with Gasteiger partial charge in [0.15, 0.2) is 9.84 Å². The van der Waals surface area contributed by atoms with Crippen molar-refractivity contribution in [2.24, 2.45) is 62.4 Å². The Labute approximate surface area is 327 Å². The van der Waals surface area contributed by atoms with Crippen LogP contribution < -0.4 is 11.1 Å². The highest BCUT2D eigenvalue weighted by atomic mass is 32.2. The van der Waals surface area contributed by atoms with Crippen molar-refractivity contribution in [2.45, 2.75) is 163 Å². The standard InChI is InChI=1S/C44H75N3O6S/c1-28(2)30-13-18-44(46-27-32(29(3)45)47-21-23-54(51,52)24-22-47)20-19-42(9)31(38(30)44)11-12-34-41(8)16-15-35(40(6,7)33(41)14-17-43(34,42)10)53-37(50)26-39(4,5)25-36(48)49/h29-35,38,46H,1,11-27,45H2,2-10H3,(H,48,49)/t29-,30+,31-,32-,33+,34-,35+,38-,41+,42-,43-,44+/m1/s1. The van der Waals surface area contributed by atoms with Crippen molar-refractivity contribution in [3.63, 3.8) is 0 Å². The minimum Gasteiger partial charge on any atom is -0.481 e. The summed E-state index contributed by atoms with van der Waals surface area (Å²) >= 11 is 0. The van der Waals surface area contributed by atoms with Crippen molar-refractivity contribution in [1.29, 1.82) is 0 Å². The number of carboxylic acid groups (broad SMARTS) is 1. The number of carbonyl (C=O) groups is 2. The first-order chi connectivity index (χ1) is 24.9. The second kappa shape index (κ2) is 14.4. The topological polar surface area (TPSA) is 139 Å². The van der Waals surface area contributed by atoms with Gasteiger partial charge in [0.05, 0.1) is 24.3 Å². The van der Waals surface area contributed by atoms with E-state index >= 15 is 0 Å². The lowest BCUT2D eigenvalue weighted by molar-refractivity contribution is -0.246. The zero-order valence-corrected chi connectivity index (χ0v) is 36.1. The molecule has 0 bridgehead atoms. The molecular weight excluding hydrogens is 699 g/mol. The molecular formula is C44H75N3O6S. The summed E-state index contributed by atoms with van der Waals surface area (Å²) in [6.45, 7) is 27.1. The van der Waals surface area contributed by atoms with Gasteiger partial charge in [-0.1, -0.05) is 60.6 Å². The van der Waals surface area contributed by atoms with Crippen LogP contribution in [0, 0.1) is 56.7 Å². The van der Waals surface area contributed by atoms with Crippen LogP contribution in [-0.4, -0.2) is 85.2 Å². The van der Waals surface area contributed by atoms with Crippen LogP contribution in [0.5, 0.6) is 0 Å². The van der Waals surface area contributed by atoms with Crippen LogP contribution in [-0.2, 0) is 24.2 Å². The molecule has 1 saturated heterocycles. The summed E-state index contributed by atoms with van der Waals surface area (Å²) in [5.41, 5.74) is 7.74. The van der Waals surface area contributed by atoms with Crippen LogP contribution in [0.1, 0.15) is 139 Å².